The summed E-state index contributed by atoms with van der Waals surface area (Å²) in [5.41, 5.74) is 34.7. The normalized spacial score (nSPS) is 36.9. The predicted octanol–water partition coefficient (Wildman–Crippen LogP) is 1.06. The quantitative estimate of drug-likeness (QED) is 0.103. The van der Waals surface area contributed by atoms with Crippen molar-refractivity contribution in [2.24, 2.45) is 5.92 Å². The van der Waals surface area contributed by atoms with Crippen LogP contribution in [0.2, 0.25) is 0 Å². The number of aromatic nitrogens is 21. The number of hydrogen-bond acceptors (Lipinski definition) is 45. The molecule has 0 amide bonds. The molecule has 0 saturated carbocycles. The average molecular weight is 1990 g/mol. The molecule has 9 aliphatic heterocycles. The van der Waals surface area contributed by atoms with Gasteiger partial charge in [0.2, 0.25) is 17.8 Å². The number of alkyl halides is 3. The highest BCUT2D eigenvalue weighted by Crippen LogP contribution is 2.59. The number of nitrogens with two attached hydrogens (primary N) is 6. The van der Waals surface area contributed by atoms with E-state index in [1.807, 2.05) is 0 Å². The Hall–Kier alpha value is -10.1. The van der Waals surface area contributed by atoms with E-state index in [-0.39, 0.29) is 97.9 Å². The standard InChI is InChI=1S/C22H27N9O11P2.C21H23F2N9O11P2.C21H24FN9O11P2/c1-9-16-13(40-20(9)30-7-26-14-11(23)2-3-25-17(14)30)6-38-43(33,34)41-12-4-10(5-37-44(35,36)42-16)39-21(12)31-8-27-15-18(31)28-22(24)29-19(15)32;22-10-8-3-38-44(34,35)42-14-9(41-19(11(14)23)31-5-27-12-7(24)1-2-26-16(12)31)4-39-45(36,37)43-15(10)20(40-8)32-6-28-13-17(32)29-21(25)30-18(13)33;22-12-15-11(40-20(12)30-6-26-13-9(23)1-2-25-16(13)30)5-38-43(33,34)41-10-3-8(4-37-44(35,36)42-15)39-19(10)31-7-27-14-17(31)28-21(24)29-18(14)32/h2-3,7-10,12-13,16,20-21H,4-6H2,1H3,(H2,23,25)(H,33,34)(H,35,36)(H3,24,28,29,32);1-2,5-6,8-11,14-15,19-20H,3-4H2,(H2,24,26)(H,34,35)(H,36,37)(H3,25,29,30,33);1-2,6-8,10-12,15,19-20H,3-5H2,(H2,23,25)(H,33,34)(H,35,36)(H3,24,28,29,32)/t9-,10+,12-,13-,16+,20-,21-;8-,9-,10+,11?,14+,15?,19-,20-;8-,10?,11+,12?,15-,19+,20+/m110/s1. The minimum Gasteiger partial charge on any atom is -0.397 e. The number of nitrogens with one attached hydrogen (secondary N) is 3. The number of nitrogen functional groups attached to an aromatic ring is 6. The Bertz CT molecular complexity index is 6770. The molecular formula is C64H74F3N27O33P6. The van der Waals surface area contributed by atoms with Gasteiger partial charge in [0.15, 0.2) is 100 Å². The summed E-state index contributed by atoms with van der Waals surface area (Å²) in [6.45, 7) is -2.68. The van der Waals surface area contributed by atoms with E-state index in [1.54, 1.807) is 17.6 Å². The Morgan fingerprint density at radius 2 is 0.617 bits per heavy atom. The summed E-state index contributed by atoms with van der Waals surface area (Å²) in [5.74, 6) is -1.38. The van der Waals surface area contributed by atoms with Crippen LogP contribution in [-0.4, -0.2) is 263 Å². The Balaban J connectivity index is 0.000000129. The molecule has 12 aromatic heterocycles. The minimum absolute atomic E-state index is 0.0166. The molecule has 133 heavy (non-hydrogen) atoms. The number of anilines is 6. The highest BCUT2D eigenvalue weighted by atomic mass is 31.2. The molecule has 9 fully saturated rings. The first-order chi connectivity index (χ1) is 63.1. The van der Waals surface area contributed by atoms with Gasteiger partial charge in [0.25, 0.3) is 16.7 Å². The van der Waals surface area contributed by atoms with Crippen molar-refractivity contribution >= 4 is 149 Å². The zero-order valence-electron chi connectivity index (χ0n) is 67.3. The smallest absolute Gasteiger partial charge is 0.397 e. The van der Waals surface area contributed by atoms with Crippen molar-refractivity contribution in [3.8, 4) is 0 Å². The highest BCUT2D eigenvalue weighted by Gasteiger charge is 2.58. The lowest BCUT2D eigenvalue weighted by Crippen LogP contribution is -2.34. The van der Waals surface area contributed by atoms with Crippen LogP contribution < -0.4 is 51.1 Å². The second-order valence-electron chi connectivity index (χ2n) is 30.9. The van der Waals surface area contributed by atoms with Crippen LogP contribution in [0, 0.1) is 5.92 Å². The molecule has 6 bridgehead atoms. The Labute approximate surface area is 735 Å². The maximum Gasteiger partial charge on any atom is 0.472 e. The first-order valence-electron chi connectivity index (χ1n) is 39.3. The van der Waals surface area contributed by atoms with Gasteiger partial charge in [-0.25, -0.2) is 85.4 Å². The van der Waals surface area contributed by atoms with Gasteiger partial charge < -0.3 is 92.2 Å². The van der Waals surface area contributed by atoms with E-state index < -0.39 is 238 Å². The average Bonchev–Trinajstić information content (AvgIpc) is 1.61. The van der Waals surface area contributed by atoms with E-state index in [2.05, 4.69) is 74.8 Å². The maximum absolute atomic E-state index is 15.9. The van der Waals surface area contributed by atoms with Gasteiger partial charge in [-0.2, -0.15) is 15.0 Å². The fraction of sp³-hybridized carbons (Fsp3) is 0.484. The summed E-state index contributed by atoms with van der Waals surface area (Å²) >= 11 is 0. The summed E-state index contributed by atoms with van der Waals surface area (Å²) in [6.07, 6.45) is -20.6. The number of ether oxygens (including phenoxy) is 6. The van der Waals surface area contributed by atoms with Gasteiger partial charge in [0, 0.05) is 37.4 Å². The second kappa shape index (κ2) is 34.9. The third-order valence-corrected chi connectivity index (χ3v) is 28.2. The van der Waals surface area contributed by atoms with Gasteiger partial charge in [-0.1, -0.05) is 6.92 Å². The predicted molar refractivity (Wildman–Crippen MR) is 434 cm³/mol. The van der Waals surface area contributed by atoms with Gasteiger partial charge >= 0.3 is 46.9 Å². The number of pyridine rings is 3. The van der Waals surface area contributed by atoms with Crippen molar-refractivity contribution in [3.05, 3.63) is 106 Å². The molecule has 10 unspecified atom stereocenters. The fourth-order valence-electron chi connectivity index (χ4n) is 16.3. The van der Waals surface area contributed by atoms with Crippen molar-refractivity contribution in [2.75, 3.05) is 74.0 Å². The topological polar surface area (TPSA) is 829 Å². The minimum atomic E-state index is -5.23. The lowest BCUT2D eigenvalue weighted by atomic mass is 10.0. The molecule has 0 spiro atoms. The van der Waals surface area contributed by atoms with Crippen LogP contribution in [0.4, 0.5) is 48.1 Å². The molecule has 21 heterocycles. The van der Waals surface area contributed by atoms with Crippen molar-refractivity contribution in [1.29, 1.82) is 0 Å². The zero-order valence-corrected chi connectivity index (χ0v) is 72.7. The van der Waals surface area contributed by atoms with Gasteiger partial charge in [-0.3, -0.25) is 111 Å². The number of hydrogen-bond donors (Lipinski definition) is 15. The number of H-pyrrole nitrogens is 3. The largest absolute Gasteiger partial charge is 0.472 e. The van der Waals surface area contributed by atoms with E-state index in [1.165, 1.54) is 76.1 Å². The SMILES string of the molecule is C[C@@H]1[C@@H]2OP(=O)(O)OC[C@@H]3C[C@@H](OP(=O)(O)OC[C@H]2O[C@H]1n1cnc2c(N)ccnc21)[C@H](n1cnc2c(=O)[nH]c(N)nc21)O3.Nc1nc2c(ncn2[C@@H]2O[C@@H]3COP(=O)(O)O[C@@H]4C(F)[C@H](n5cnc6c(N)ccnc65)O[C@@H]4COP(=O)(O)OC2C3)c(=O)[nH]1.Nc1nc2c(ncn2[C@@H]2O[C@@H]3COP(=O)(O)O[C@@H]4C(F)[C@H](n5cnc6c(N)ccnc65)O[C@@H]4COP(=O)(O)OC2[C@H]3F)c(=O)[nH]1. The van der Waals surface area contributed by atoms with Gasteiger partial charge in [0.05, 0.1) is 107 Å². The van der Waals surface area contributed by atoms with Gasteiger partial charge in [-0.05, 0) is 18.2 Å². The molecule has 28 atom stereocenters. The van der Waals surface area contributed by atoms with Crippen LogP contribution in [0.25, 0.3) is 67.0 Å². The van der Waals surface area contributed by atoms with Crippen molar-refractivity contribution < 1.29 is 153 Å². The van der Waals surface area contributed by atoms with Crippen LogP contribution in [-0.2, 0) is 110 Å². The summed E-state index contributed by atoms with van der Waals surface area (Å²) in [5, 5.41) is 0. The van der Waals surface area contributed by atoms with E-state index >= 15 is 13.2 Å². The summed E-state index contributed by atoms with van der Waals surface area (Å²) < 4.78 is 232. The molecular weight excluding hydrogens is 1920 g/mol. The molecule has 60 nitrogen and oxygen atoms in total. The Morgan fingerprint density at radius 3 is 0.992 bits per heavy atom. The van der Waals surface area contributed by atoms with Crippen molar-refractivity contribution in [1.82, 2.24) is 102 Å². The number of halogens is 3. The van der Waals surface area contributed by atoms with Gasteiger partial charge in [0.1, 0.15) is 83.8 Å². The van der Waals surface area contributed by atoms with Crippen molar-refractivity contribution in [3.63, 3.8) is 0 Å². The molecule has 69 heteroatoms. The molecule has 9 saturated heterocycles. The van der Waals surface area contributed by atoms with Crippen LogP contribution in [0.3, 0.4) is 0 Å². The fourth-order valence-corrected chi connectivity index (χ4v) is 22.1. The van der Waals surface area contributed by atoms with Crippen molar-refractivity contribution in [2.45, 2.75) is 149 Å². The molecule has 21 N–H and O–H groups in total. The lowest BCUT2D eigenvalue weighted by Gasteiger charge is -2.26. The molecule has 0 radical (unpaired) electrons. The maximum atomic E-state index is 15.9. The number of rotatable bonds is 6. The Kier molecular flexibility index (Phi) is 24.2. The lowest BCUT2D eigenvalue weighted by molar-refractivity contribution is -0.0670. The molecule has 9 aliphatic rings. The molecule has 0 aliphatic carbocycles. The first-order valence-corrected chi connectivity index (χ1v) is 48.2. The van der Waals surface area contributed by atoms with Gasteiger partial charge in [-0.15, -0.1) is 0 Å². The van der Waals surface area contributed by atoms with Crippen LogP contribution >= 0.6 is 46.9 Å². The van der Waals surface area contributed by atoms with E-state index in [4.69, 9.17) is 117 Å². The van der Waals surface area contributed by atoms with E-state index in [0.29, 0.717) is 16.9 Å². The number of phosphoric ester groups is 6. The third-order valence-electron chi connectivity index (χ3n) is 22.2. The number of fused-ring (bicyclic) bond motifs is 15. The highest BCUT2D eigenvalue weighted by molar-refractivity contribution is 7.48. The first kappa shape index (κ1) is 92.0. The molecule has 0 aromatic carbocycles. The number of phosphoric acid groups is 6. The molecule has 714 valence electrons. The van der Waals surface area contributed by atoms with E-state index in [9.17, 15) is 71.1 Å². The number of imidazole rings is 6. The zero-order chi connectivity index (χ0) is 93.8. The summed E-state index contributed by atoms with van der Waals surface area (Å²) in [7, 11) is -29.9. The number of aromatic amines is 3. The Morgan fingerprint density at radius 1 is 0.331 bits per heavy atom. The van der Waals surface area contributed by atoms with Crippen LogP contribution in [0.1, 0.15) is 57.1 Å². The molecule has 21 rings (SSSR count). The van der Waals surface area contributed by atoms with Crippen LogP contribution in [0.5, 0.6) is 0 Å². The summed E-state index contributed by atoms with van der Waals surface area (Å²) in [6, 6.07) is 4.55. The van der Waals surface area contributed by atoms with Crippen LogP contribution in [0.15, 0.2) is 89.1 Å². The molecule has 12 aromatic rings. The summed E-state index contributed by atoms with van der Waals surface area (Å²) in [4.78, 5) is 156. The third kappa shape index (κ3) is 18.0. The second-order valence-corrected chi connectivity index (χ2v) is 39.3. The monoisotopic (exact) mass is 1990 g/mol. The number of nitrogens with zero attached hydrogens (tertiary/aromatic N) is 18. The van der Waals surface area contributed by atoms with E-state index in [0.717, 1.165) is 15.5 Å².